The number of piperidine rings is 1. The van der Waals surface area contributed by atoms with E-state index < -0.39 is 0 Å². The molecule has 27 heavy (non-hydrogen) atoms. The van der Waals surface area contributed by atoms with Crippen molar-refractivity contribution >= 4 is 17.3 Å². The lowest BCUT2D eigenvalue weighted by atomic mass is 10.1. The molecule has 0 spiro atoms. The molecule has 1 aromatic heterocycles. The third-order valence-corrected chi connectivity index (χ3v) is 4.42. The number of hydrogen-bond acceptors (Lipinski definition) is 6. The van der Waals surface area contributed by atoms with Crippen molar-refractivity contribution in [3.05, 3.63) is 67.0 Å². The van der Waals surface area contributed by atoms with Crippen molar-refractivity contribution in [3.63, 3.8) is 0 Å². The average molecular weight is 361 g/mol. The van der Waals surface area contributed by atoms with E-state index in [1.165, 1.54) is 6.42 Å². The van der Waals surface area contributed by atoms with E-state index in [1.807, 2.05) is 60.7 Å². The van der Waals surface area contributed by atoms with Crippen LogP contribution in [0.15, 0.2) is 67.0 Å². The molecule has 138 valence electrons. The number of ether oxygens (including phenoxy) is 1. The van der Waals surface area contributed by atoms with Gasteiger partial charge in [-0.25, -0.2) is 9.97 Å². The molecule has 1 aliphatic heterocycles. The molecule has 2 heterocycles. The number of nitrogens with one attached hydrogen (secondary N) is 3. The third kappa shape index (κ3) is 4.95. The molecule has 0 radical (unpaired) electrons. The van der Waals surface area contributed by atoms with Crippen molar-refractivity contribution in [2.24, 2.45) is 0 Å². The smallest absolute Gasteiger partial charge is 0.135 e. The first-order valence-electron chi connectivity index (χ1n) is 9.24. The van der Waals surface area contributed by atoms with Gasteiger partial charge >= 0.3 is 0 Å². The van der Waals surface area contributed by atoms with Crippen molar-refractivity contribution in [1.82, 2.24) is 15.3 Å². The number of benzene rings is 2. The maximum Gasteiger partial charge on any atom is 0.135 e. The number of anilines is 3. The molecule has 1 saturated heterocycles. The Hall–Kier alpha value is -3.12. The van der Waals surface area contributed by atoms with E-state index in [2.05, 4.69) is 25.9 Å². The highest BCUT2D eigenvalue weighted by molar-refractivity contribution is 5.59. The average Bonchev–Trinajstić information content (AvgIpc) is 2.71. The van der Waals surface area contributed by atoms with Gasteiger partial charge in [0.1, 0.15) is 29.5 Å². The fourth-order valence-corrected chi connectivity index (χ4v) is 3.07. The lowest BCUT2D eigenvalue weighted by molar-refractivity contribution is 0.479. The quantitative estimate of drug-likeness (QED) is 0.612. The second-order valence-corrected chi connectivity index (χ2v) is 6.54. The molecule has 1 fully saturated rings. The summed E-state index contributed by atoms with van der Waals surface area (Å²) in [6.07, 6.45) is 3.92. The van der Waals surface area contributed by atoms with Crippen LogP contribution in [0.25, 0.3) is 0 Å². The molecule has 0 saturated carbocycles. The molecule has 3 N–H and O–H groups in total. The van der Waals surface area contributed by atoms with E-state index in [9.17, 15) is 0 Å². The Labute approximate surface area is 159 Å². The van der Waals surface area contributed by atoms with Crippen LogP contribution in [-0.2, 0) is 0 Å². The molecule has 1 aliphatic rings. The molecule has 6 nitrogen and oxygen atoms in total. The molecule has 1 atom stereocenters. The molecule has 3 aromatic rings. The number of hydrogen-bond donors (Lipinski definition) is 3. The van der Waals surface area contributed by atoms with Crippen LogP contribution in [0.3, 0.4) is 0 Å². The zero-order chi connectivity index (χ0) is 18.3. The molecular weight excluding hydrogens is 338 g/mol. The Morgan fingerprint density at radius 3 is 2.48 bits per heavy atom. The Balaban J connectivity index is 1.37. The van der Waals surface area contributed by atoms with Crippen molar-refractivity contribution in [3.8, 4) is 11.5 Å². The third-order valence-electron chi connectivity index (χ3n) is 4.42. The van der Waals surface area contributed by atoms with Gasteiger partial charge in [0.05, 0.1) is 0 Å². The summed E-state index contributed by atoms with van der Waals surface area (Å²) in [6, 6.07) is 19.9. The number of rotatable bonds is 6. The second kappa shape index (κ2) is 8.51. The van der Waals surface area contributed by atoms with Crippen molar-refractivity contribution in [2.75, 3.05) is 23.7 Å². The molecule has 2 aromatic carbocycles. The Kier molecular flexibility index (Phi) is 5.45. The molecule has 6 heteroatoms. The van der Waals surface area contributed by atoms with Crippen LogP contribution in [0.2, 0.25) is 0 Å². The lowest BCUT2D eigenvalue weighted by Gasteiger charge is -2.24. The minimum Gasteiger partial charge on any atom is -0.457 e. The summed E-state index contributed by atoms with van der Waals surface area (Å²) in [7, 11) is 0. The van der Waals surface area contributed by atoms with Gasteiger partial charge in [-0.3, -0.25) is 0 Å². The van der Waals surface area contributed by atoms with Crippen molar-refractivity contribution in [1.29, 1.82) is 0 Å². The van der Waals surface area contributed by atoms with Crippen molar-refractivity contribution in [2.45, 2.75) is 18.9 Å². The highest BCUT2D eigenvalue weighted by Gasteiger charge is 2.13. The van der Waals surface area contributed by atoms with E-state index in [0.29, 0.717) is 6.04 Å². The van der Waals surface area contributed by atoms with Crippen LogP contribution in [0.4, 0.5) is 17.3 Å². The number of para-hydroxylation sites is 1. The van der Waals surface area contributed by atoms with Crippen LogP contribution >= 0.6 is 0 Å². The van der Waals surface area contributed by atoms with Gasteiger partial charge in [-0.1, -0.05) is 18.2 Å². The zero-order valence-electron chi connectivity index (χ0n) is 15.1. The topological polar surface area (TPSA) is 71.1 Å². The van der Waals surface area contributed by atoms with Gasteiger partial charge in [0, 0.05) is 24.3 Å². The molecule has 0 bridgehead atoms. The lowest BCUT2D eigenvalue weighted by Crippen LogP contribution is -2.38. The number of nitrogens with zero attached hydrogens (tertiary/aromatic N) is 2. The summed E-state index contributed by atoms with van der Waals surface area (Å²) in [5.41, 5.74) is 0.944. The van der Waals surface area contributed by atoms with Gasteiger partial charge in [-0.15, -0.1) is 0 Å². The van der Waals surface area contributed by atoms with E-state index in [0.717, 1.165) is 48.3 Å². The first-order valence-corrected chi connectivity index (χ1v) is 9.24. The zero-order valence-corrected chi connectivity index (χ0v) is 15.1. The molecule has 4 rings (SSSR count). The Morgan fingerprint density at radius 1 is 0.926 bits per heavy atom. The first kappa shape index (κ1) is 17.3. The van der Waals surface area contributed by atoms with Crippen LogP contribution in [0.5, 0.6) is 11.5 Å². The summed E-state index contributed by atoms with van der Waals surface area (Å²) in [6.45, 7) is 2.06. The van der Waals surface area contributed by atoms with Gasteiger partial charge in [0.25, 0.3) is 0 Å². The normalized spacial score (nSPS) is 16.5. The SMILES string of the molecule is c1ccc(Oc2ccc(Nc3cc(NC4CCCNC4)ncn3)cc2)cc1. The maximum absolute atomic E-state index is 5.82. The van der Waals surface area contributed by atoms with Gasteiger partial charge < -0.3 is 20.7 Å². The highest BCUT2D eigenvalue weighted by atomic mass is 16.5. The highest BCUT2D eigenvalue weighted by Crippen LogP contribution is 2.24. The second-order valence-electron chi connectivity index (χ2n) is 6.54. The van der Waals surface area contributed by atoms with E-state index in [4.69, 9.17) is 4.74 Å². The molecular formula is C21H23N5O. The van der Waals surface area contributed by atoms with Crippen LogP contribution in [-0.4, -0.2) is 29.1 Å². The minimum atomic E-state index is 0.413. The van der Waals surface area contributed by atoms with Crippen LogP contribution in [0, 0.1) is 0 Å². The van der Waals surface area contributed by atoms with Gasteiger partial charge in [0.2, 0.25) is 0 Å². The monoisotopic (exact) mass is 361 g/mol. The fourth-order valence-electron chi connectivity index (χ4n) is 3.07. The molecule has 1 unspecified atom stereocenters. The summed E-state index contributed by atoms with van der Waals surface area (Å²) in [5.74, 6) is 3.21. The van der Waals surface area contributed by atoms with E-state index in [-0.39, 0.29) is 0 Å². The first-order chi connectivity index (χ1) is 13.3. The largest absolute Gasteiger partial charge is 0.457 e. The molecule has 0 aliphatic carbocycles. The fraction of sp³-hybridized carbons (Fsp3) is 0.238. The summed E-state index contributed by atoms with van der Waals surface area (Å²) in [4.78, 5) is 8.63. The Morgan fingerprint density at radius 2 is 1.70 bits per heavy atom. The summed E-state index contributed by atoms with van der Waals surface area (Å²) in [5, 5.41) is 10.2. The van der Waals surface area contributed by atoms with Gasteiger partial charge in [-0.05, 0) is 55.8 Å². The maximum atomic E-state index is 5.82. The Bertz CT molecular complexity index is 848. The van der Waals surface area contributed by atoms with Gasteiger partial charge in [-0.2, -0.15) is 0 Å². The van der Waals surface area contributed by atoms with Crippen LogP contribution < -0.4 is 20.7 Å². The summed E-state index contributed by atoms with van der Waals surface area (Å²) < 4.78 is 5.82. The standard InChI is InChI=1S/C21H23N5O/c1-2-6-18(7-3-1)27-19-10-8-16(9-11-19)25-20-13-21(24-15-23-20)26-17-5-4-12-22-14-17/h1-3,6-11,13,15,17,22H,4-5,12,14H2,(H2,23,24,25,26). The van der Waals surface area contributed by atoms with Crippen LogP contribution in [0.1, 0.15) is 12.8 Å². The molecule has 0 amide bonds. The minimum absolute atomic E-state index is 0.413. The summed E-state index contributed by atoms with van der Waals surface area (Å²) >= 11 is 0. The van der Waals surface area contributed by atoms with Gasteiger partial charge in [0.15, 0.2) is 0 Å². The van der Waals surface area contributed by atoms with Crippen molar-refractivity contribution < 1.29 is 4.74 Å². The number of aromatic nitrogens is 2. The predicted molar refractivity (Wildman–Crippen MR) is 108 cm³/mol. The predicted octanol–water partition coefficient (Wildman–Crippen LogP) is 4.18. The van der Waals surface area contributed by atoms with E-state index in [1.54, 1.807) is 6.33 Å². The van der Waals surface area contributed by atoms with E-state index >= 15 is 0 Å².